The highest BCUT2D eigenvalue weighted by Gasteiger charge is 2.35. The van der Waals surface area contributed by atoms with Gasteiger partial charge in [0.1, 0.15) is 0 Å². The number of likely N-dealkylation sites (tertiary alicyclic amines) is 1. The van der Waals surface area contributed by atoms with Crippen molar-refractivity contribution in [2.24, 2.45) is 5.92 Å². The Kier molecular flexibility index (Phi) is 6.69. The molecule has 10 heteroatoms. The summed E-state index contributed by atoms with van der Waals surface area (Å²) in [5.41, 5.74) is 0.639. The average Bonchev–Trinajstić information content (AvgIpc) is 2.64. The molecule has 1 fully saturated rings. The van der Waals surface area contributed by atoms with Gasteiger partial charge in [0.05, 0.1) is 17.4 Å². The molecular weight excluding hydrogens is 356 g/mol. The quantitative estimate of drug-likeness (QED) is 0.500. The number of rotatable bonds is 6. The van der Waals surface area contributed by atoms with Gasteiger partial charge in [-0.05, 0) is 25.3 Å². The highest BCUT2D eigenvalue weighted by molar-refractivity contribution is 5.84. The number of nitrogens with one attached hydrogen (secondary N) is 2. The second kappa shape index (κ2) is 8.97. The third kappa shape index (κ3) is 5.40. The number of hydrogen-bond donors (Lipinski definition) is 3. The zero-order valence-corrected chi connectivity index (χ0v) is 14.9. The zero-order chi connectivity index (χ0) is 20.0. The largest absolute Gasteiger partial charge is 0.481 e. The monoisotopic (exact) mass is 378 g/mol. The Balaban J connectivity index is 1.78. The van der Waals surface area contributed by atoms with E-state index in [4.69, 9.17) is 0 Å². The standard InChI is InChI=1S/C17H22N4O6/c1-11-14(16(23)24)3-2-8-20(11)15(22)10-19-17(25)18-9-12-4-6-13(7-5-12)21(26)27/h4-7,11,14H,2-3,8-10H2,1H3,(H,23,24)(H2,18,19,25)/t11-,14-/m1/s1. The van der Waals surface area contributed by atoms with Crippen LogP contribution in [0, 0.1) is 16.0 Å². The Labute approximate surface area is 155 Å². The van der Waals surface area contributed by atoms with Crippen LogP contribution in [-0.4, -0.2) is 52.0 Å². The highest BCUT2D eigenvalue weighted by atomic mass is 16.6. The van der Waals surface area contributed by atoms with Gasteiger partial charge in [-0.3, -0.25) is 19.7 Å². The van der Waals surface area contributed by atoms with Crippen LogP contribution in [0.5, 0.6) is 0 Å². The minimum atomic E-state index is -0.922. The number of non-ortho nitro benzene ring substituents is 1. The van der Waals surface area contributed by atoms with Crippen LogP contribution in [0.25, 0.3) is 0 Å². The summed E-state index contributed by atoms with van der Waals surface area (Å²) in [6, 6.07) is 4.77. The Hall–Kier alpha value is -3.17. The van der Waals surface area contributed by atoms with Crippen molar-refractivity contribution >= 4 is 23.6 Å². The Morgan fingerprint density at radius 3 is 2.52 bits per heavy atom. The fourth-order valence-electron chi connectivity index (χ4n) is 3.06. The molecule has 1 aliphatic rings. The second-order valence-electron chi connectivity index (χ2n) is 6.37. The number of hydrogen-bond acceptors (Lipinski definition) is 5. The van der Waals surface area contributed by atoms with E-state index >= 15 is 0 Å². The van der Waals surface area contributed by atoms with Crippen molar-refractivity contribution in [3.8, 4) is 0 Å². The average molecular weight is 378 g/mol. The number of urea groups is 1. The predicted octanol–water partition coefficient (Wildman–Crippen LogP) is 1.11. The molecule has 0 aromatic heterocycles. The van der Waals surface area contributed by atoms with Crippen molar-refractivity contribution in [3.63, 3.8) is 0 Å². The van der Waals surface area contributed by atoms with Gasteiger partial charge in [0.15, 0.2) is 0 Å². The molecule has 27 heavy (non-hydrogen) atoms. The van der Waals surface area contributed by atoms with Crippen molar-refractivity contribution in [2.75, 3.05) is 13.1 Å². The van der Waals surface area contributed by atoms with Crippen LogP contribution in [-0.2, 0) is 16.1 Å². The summed E-state index contributed by atoms with van der Waals surface area (Å²) in [5.74, 6) is -1.86. The van der Waals surface area contributed by atoms with Gasteiger partial charge < -0.3 is 20.6 Å². The van der Waals surface area contributed by atoms with Crippen molar-refractivity contribution in [1.82, 2.24) is 15.5 Å². The van der Waals surface area contributed by atoms with Crippen LogP contribution in [0.15, 0.2) is 24.3 Å². The molecule has 0 bridgehead atoms. The molecule has 0 aliphatic carbocycles. The summed E-state index contributed by atoms with van der Waals surface area (Å²) < 4.78 is 0. The number of aliphatic carboxylic acids is 1. The summed E-state index contributed by atoms with van der Waals surface area (Å²) >= 11 is 0. The van der Waals surface area contributed by atoms with Gasteiger partial charge in [-0.25, -0.2) is 4.79 Å². The fraction of sp³-hybridized carbons (Fsp3) is 0.471. The van der Waals surface area contributed by atoms with E-state index in [0.29, 0.717) is 24.9 Å². The SMILES string of the molecule is C[C@@H]1[C@H](C(=O)O)CCCN1C(=O)CNC(=O)NCc1ccc([N+](=O)[O-])cc1. The van der Waals surface area contributed by atoms with Gasteiger partial charge in [0.25, 0.3) is 5.69 Å². The Morgan fingerprint density at radius 1 is 1.26 bits per heavy atom. The molecule has 1 aromatic carbocycles. The molecule has 0 radical (unpaired) electrons. The first-order valence-corrected chi connectivity index (χ1v) is 8.57. The summed E-state index contributed by atoms with van der Waals surface area (Å²) in [7, 11) is 0. The minimum absolute atomic E-state index is 0.0379. The first-order valence-electron chi connectivity index (χ1n) is 8.57. The second-order valence-corrected chi connectivity index (χ2v) is 6.37. The Morgan fingerprint density at radius 2 is 1.93 bits per heavy atom. The molecule has 0 unspecified atom stereocenters. The lowest BCUT2D eigenvalue weighted by Crippen LogP contribution is -2.52. The summed E-state index contributed by atoms with van der Waals surface area (Å²) in [6.07, 6.45) is 1.14. The lowest BCUT2D eigenvalue weighted by Gasteiger charge is -2.37. The molecule has 3 amide bonds. The van der Waals surface area contributed by atoms with Crippen molar-refractivity contribution in [2.45, 2.75) is 32.4 Å². The van der Waals surface area contributed by atoms with E-state index in [-0.39, 0.29) is 24.7 Å². The van der Waals surface area contributed by atoms with Gasteiger partial charge in [0.2, 0.25) is 5.91 Å². The number of benzene rings is 1. The summed E-state index contributed by atoms with van der Waals surface area (Å²) in [5, 5.41) is 24.8. The van der Waals surface area contributed by atoms with Crippen molar-refractivity contribution in [3.05, 3.63) is 39.9 Å². The molecule has 1 aromatic rings. The minimum Gasteiger partial charge on any atom is -0.481 e. The Bertz CT molecular complexity index is 721. The van der Waals surface area contributed by atoms with Gasteiger partial charge in [0, 0.05) is 31.3 Å². The van der Waals surface area contributed by atoms with Gasteiger partial charge >= 0.3 is 12.0 Å². The maximum absolute atomic E-state index is 12.3. The lowest BCUT2D eigenvalue weighted by atomic mass is 9.90. The molecule has 1 saturated heterocycles. The van der Waals surface area contributed by atoms with E-state index < -0.39 is 28.9 Å². The third-order valence-corrected chi connectivity index (χ3v) is 4.63. The first-order chi connectivity index (χ1) is 12.8. The van der Waals surface area contributed by atoms with E-state index in [1.165, 1.54) is 29.2 Å². The summed E-state index contributed by atoms with van der Waals surface area (Å²) in [4.78, 5) is 46.9. The predicted molar refractivity (Wildman–Crippen MR) is 94.9 cm³/mol. The highest BCUT2D eigenvalue weighted by Crippen LogP contribution is 2.23. The van der Waals surface area contributed by atoms with E-state index in [1.54, 1.807) is 6.92 Å². The van der Waals surface area contributed by atoms with Crippen molar-refractivity contribution in [1.29, 1.82) is 0 Å². The van der Waals surface area contributed by atoms with E-state index in [9.17, 15) is 29.6 Å². The van der Waals surface area contributed by atoms with Crippen LogP contribution < -0.4 is 10.6 Å². The number of carbonyl (C=O) groups excluding carboxylic acids is 2. The normalized spacial score (nSPS) is 19.2. The molecular formula is C17H22N4O6. The number of amides is 3. The maximum atomic E-state index is 12.3. The number of carboxylic acid groups (broad SMARTS) is 1. The number of carboxylic acids is 1. The number of nitro groups is 1. The van der Waals surface area contributed by atoms with E-state index in [2.05, 4.69) is 10.6 Å². The topological polar surface area (TPSA) is 142 Å². The summed E-state index contributed by atoms with van der Waals surface area (Å²) in [6.45, 7) is 2.09. The number of carbonyl (C=O) groups is 3. The van der Waals surface area contributed by atoms with Crippen molar-refractivity contribution < 1.29 is 24.4 Å². The molecule has 2 rings (SSSR count). The molecule has 146 valence electrons. The van der Waals surface area contributed by atoms with Gasteiger partial charge in [-0.1, -0.05) is 12.1 Å². The molecule has 0 saturated carbocycles. The number of nitro benzene ring substituents is 1. The van der Waals surface area contributed by atoms with Crippen LogP contribution in [0.3, 0.4) is 0 Å². The van der Waals surface area contributed by atoms with Crippen LogP contribution in [0.4, 0.5) is 10.5 Å². The molecule has 10 nitrogen and oxygen atoms in total. The van der Waals surface area contributed by atoms with E-state index in [0.717, 1.165) is 0 Å². The molecule has 3 N–H and O–H groups in total. The van der Waals surface area contributed by atoms with Gasteiger partial charge in [-0.2, -0.15) is 0 Å². The maximum Gasteiger partial charge on any atom is 0.315 e. The zero-order valence-electron chi connectivity index (χ0n) is 14.9. The molecule has 1 heterocycles. The molecule has 0 spiro atoms. The fourth-order valence-corrected chi connectivity index (χ4v) is 3.06. The molecule has 1 aliphatic heterocycles. The van der Waals surface area contributed by atoms with E-state index in [1.807, 2.05) is 0 Å². The number of piperidine rings is 1. The van der Waals surface area contributed by atoms with Crippen LogP contribution in [0.2, 0.25) is 0 Å². The van der Waals surface area contributed by atoms with Crippen LogP contribution >= 0.6 is 0 Å². The van der Waals surface area contributed by atoms with Gasteiger partial charge in [-0.15, -0.1) is 0 Å². The lowest BCUT2D eigenvalue weighted by molar-refractivity contribution is -0.384. The molecule has 2 atom stereocenters. The van der Waals surface area contributed by atoms with Crippen LogP contribution in [0.1, 0.15) is 25.3 Å². The number of nitrogens with zero attached hydrogens (tertiary/aromatic N) is 2. The third-order valence-electron chi connectivity index (χ3n) is 4.63. The first kappa shape index (κ1) is 20.1. The smallest absolute Gasteiger partial charge is 0.315 e.